The Labute approximate surface area is 148 Å². The minimum absolute atomic E-state index is 0.00257. The molecule has 5 heteroatoms. The van der Waals surface area contributed by atoms with Gasteiger partial charge >= 0.3 is 0 Å². The van der Waals surface area contributed by atoms with Gasteiger partial charge in [-0.05, 0) is 38.8 Å². The second kappa shape index (κ2) is 8.92. The summed E-state index contributed by atoms with van der Waals surface area (Å²) in [5, 5.41) is 0. The van der Waals surface area contributed by atoms with Gasteiger partial charge in [0.2, 0.25) is 5.91 Å². The first-order valence-corrected chi connectivity index (χ1v) is 9.44. The highest BCUT2D eigenvalue weighted by Gasteiger charge is 2.21. The Morgan fingerprint density at radius 1 is 1.25 bits per heavy atom. The Bertz CT molecular complexity index is 609. The largest absolute Gasteiger partial charge is 0.342 e. The molecule has 0 aliphatic carbocycles. The van der Waals surface area contributed by atoms with Crippen LogP contribution in [0.4, 0.5) is 0 Å². The number of carbonyl (C=O) groups excluding carboxylic acids is 2. The van der Waals surface area contributed by atoms with Crippen LogP contribution in [0, 0.1) is 0 Å². The molecule has 2 amide bonds. The monoisotopic (exact) mass is 346 g/mol. The molecule has 0 N–H and O–H groups in total. The molecule has 1 aromatic carbocycles. The molecule has 0 atom stereocenters. The van der Waals surface area contributed by atoms with Crippen molar-refractivity contribution >= 4 is 23.6 Å². The summed E-state index contributed by atoms with van der Waals surface area (Å²) in [4.78, 5) is 29.6. The zero-order chi connectivity index (χ0) is 17.5. The first-order chi connectivity index (χ1) is 11.5. The molecule has 1 saturated heterocycles. The summed E-state index contributed by atoms with van der Waals surface area (Å²) in [5.41, 5.74) is 1.62. The minimum atomic E-state index is -0.00257. The van der Waals surface area contributed by atoms with Gasteiger partial charge in [-0.2, -0.15) is 0 Å². The number of hydrogen-bond donors (Lipinski definition) is 0. The number of rotatable bonds is 7. The standard InChI is InChI=1S/C19H26N2O2S/c1-4-20(13-15(2)3)19(23)16-9-5-6-10-17(16)24-14-18(22)21-11-7-8-12-21/h5-6,9-10H,2,4,7-8,11-14H2,1,3H3. The van der Waals surface area contributed by atoms with Crippen molar-refractivity contribution in [3.05, 3.63) is 42.0 Å². The molecule has 1 aliphatic heterocycles. The maximum Gasteiger partial charge on any atom is 0.255 e. The molecule has 0 radical (unpaired) electrons. The van der Waals surface area contributed by atoms with E-state index in [1.807, 2.05) is 43.0 Å². The molecule has 1 heterocycles. The summed E-state index contributed by atoms with van der Waals surface area (Å²) in [6, 6.07) is 7.54. The number of likely N-dealkylation sites (tertiary alicyclic amines) is 1. The molecule has 4 nitrogen and oxygen atoms in total. The minimum Gasteiger partial charge on any atom is -0.342 e. The van der Waals surface area contributed by atoms with Crippen LogP contribution in [-0.2, 0) is 4.79 Å². The molecule has 1 aromatic rings. The average Bonchev–Trinajstić information content (AvgIpc) is 3.11. The van der Waals surface area contributed by atoms with Gasteiger partial charge < -0.3 is 9.80 Å². The number of likely N-dealkylation sites (N-methyl/N-ethyl adjacent to an activating group) is 1. The smallest absolute Gasteiger partial charge is 0.255 e. The van der Waals surface area contributed by atoms with Gasteiger partial charge in [0.25, 0.3) is 5.91 Å². The normalized spacial score (nSPS) is 13.8. The molecule has 0 bridgehead atoms. The van der Waals surface area contributed by atoms with Crippen molar-refractivity contribution in [3.8, 4) is 0 Å². The third-order valence-corrected chi connectivity index (χ3v) is 5.12. The molecule has 130 valence electrons. The Morgan fingerprint density at radius 3 is 2.54 bits per heavy atom. The number of carbonyl (C=O) groups is 2. The van der Waals surface area contributed by atoms with Crippen molar-refractivity contribution in [1.82, 2.24) is 9.80 Å². The van der Waals surface area contributed by atoms with Gasteiger partial charge in [-0.15, -0.1) is 11.8 Å². The highest BCUT2D eigenvalue weighted by Crippen LogP contribution is 2.25. The van der Waals surface area contributed by atoms with E-state index in [1.54, 1.807) is 4.90 Å². The summed E-state index contributed by atoms with van der Waals surface area (Å²) >= 11 is 1.46. The Kier molecular flexibility index (Phi) is 6.91. The van der Waals surface area contributed by atoms with Gasteiger partial charge in [0.05, 0.1) is 11.3 Å². The number of amides is 2. The maximum atomic E-state index is 12.8. The molecule has 24 heavy (non-hydrogen) atoms. The van der Waals surface area contributed by atoms with Gasteiger partial charge in [0.15, 0.2) is 0 Å². The number of nitrogens with zero attached hydrogens (tertiary/aromatic N) is 2. The lowest BCUT2D eigenvalue weighted by molar-refractivity contribution is -0.127. The van der Waals surface area contributed by atoms with Gasteiger partial charge in [-0.3, -0.25) is 9.59 Å². The fourth-order valence-electron chi connectivity index (χ4n) is 2.79. The lowest BCUT2D eigenvalue weighted by Gasteiger charge is -2.22. The first-order valence-electron chi connectivity index (χ1n) is 8.46. The predicted molar refractivity (Wildman–Crippen MR) is 99.4 cm³/mol. The molecular weight excluding hydrogens is 320 g/mol. The topological polar surface area (TPSA) is 40.6 Å². The van der Waals surface area contributed by atoms with Gasteiger partial charge in [-0.1, -0.05) is 24.3 Å². The van der Waals surface area contributed by atoms with E-state index in [0.29, 0.717) is 24.4 Å². The zero-order valence-corrected chi connectivity index (χ0v) is 15.4. The van der Waals surface area contributed by atoms with E-state index in [0.717, 1.165) is 36.4 Å². The zero-order valence-electron chi connectivity index (χ0n) is 14.6. The molecule has 2 rings (SSSR count). The highest BCUT2D eigenvalue weighted by atomic mass is 32.2. The quantitative estimate of drug-likeness (QED) is 0.561. The lowest BCUT2D eigenvalue weighted by Crippen LogP contribution is -2.32. The van der Waals surface area contributed by atoms with Crippen LogP contribution in [0.25, 0.3) is 0 Å². The van der Waals surface area contributed by atoms with Crippen LogP contribution in [0.5, 0.6) is 0 Å². The molecule has 1 fully saturated rings. The molecule has 0 saturated carbocycles. The van der Waals surface area contributed by atoms with Crippen molar-refractivity contribution in [2.24, 2.45) is 0 Å². The fraction of sp³-hybridized carbons (Fsp3) is 0.474. The number of benzene rings is 1. The van der Waals surface area contributed by atoms with Crippen molar-refractivity contribution in [3.63, 3.8) is 0 Å². The molecule has 0 aromatic heterocycles. The fourth-order valence-corrected chi connectivity index (χ4v) is 3.74. The summed E-state index contributed by atoms with van der Waals surface area (Å²) in [7, 11) is 0. The van der Waals surface area contributed by atoms with Crippen LogP contribution < -0.4 is 0 Å². The SMILES string of the molecule is C=C(C)CN(CC)C(=O)c1ccccc1SCC(=O)N1CCCC1. The van der Waals surface area contributed by atoms with Crippen LogP contribution >= 0.6 is 11.8 Å². The number of thioether (sulfide) groups is 1. The van der Waals surface area contributed by atoms with E-state index in [-0.39, 0.29) is 11.8 Å². The summed E-state index contributed by atoms with van der Waals surface area (Å²) < 4.78 is 0. The van der Waals surface area contributed by atoms with Crippen molar-refractivity contribution < 1.29 is 9.59 Å². The Balaban J connectivity index is 2.07. The molecular formula is C19H26N2O2S. The number of hydrogen-bond acceptors (Lipinski definition) is 3. The van der Waals surface area contributed by atoms with E-state index >= 15 is 0 Å². The van der Waals surface area contributed by atoms with Crippen molar-refractivity contribution in [2.45, 2.75) is 31.6 Å². The van der Waals surface area contributed by atoms with Crippen LogP contribution in [-0.4, -0.2) is 53.5 Å². The van der Waals surface area contributed by atoms with Crippen LogP contribution in [0.15, 0.2) is 41.3 Å². The highest BCUT2D eigenvalue weighted by molar-refractivity contribution is 8.00. The Morgan fingerprint density at radius 2 is 1.92 bits per heavy atom. The van der Waals surface area contributed by atoms with Gasteiger partial charge in [0, 0.05) is 31.1 Å². The third-order valence-electron chi connectivity index (χ3n) is 4.06. The van der Waals surface area contributed by atoms with Crippen LogP contribution in [0.1, 0.15) is 37.0 Å². The molecule has 1 aliphatic rings. The van der Waals surface area contributed by atoms with Crippen LogP contribution in [0.3, 0.4) is 0 Å². The summed E-state index contributed by atoms with van der Waals surface area (Å²) in [6.07, 6.45) is 2.19. The van der Waals surface area contributed by atoms with Crippen molar-refractivity contribution in [1.29, 1.82) is 0 Å². The van der Waals surface area contributed by atoms with Gasteiger partial charge in [0.1, 0.15) is 0 Å². The van der Waals surface area contributed by atoms with Crippen molar-refractivity contribution in [2.75, 3.05) is 31.9 Å². The summed E-state index contributed by atoms with van der Waals surface area (Å²) in [5.74, 6) is 0.544. The lowest BCUT2D eigenvalue weighted by atomic mass is 10.2. The average molecular weight is 346 g/mol. The van der Waals surface area contributed by atoms with E-state index in [4.69, 9.17) is 0 Å². The summed E-state index contributed by atoms with van der Waals surface area (Å²) in [6.45, 7) is 10.7. The van der Waals surface area contributed by atoms with E-state index in [1.165, 1.54) is 11.8 Å². The Hall–Kier alpha value is -1.75. The predicted octanol–water partition coefficient (Wildman–Crippen LogP) is 3.44. The third kappa shape index (κ3) is 4.87. The molecule has 0 unspecified atom stereocenters. The second-order valence-electron chi connectivity index (χ2n) is 6.15. The second-order valence-corrected chi connectivity index (χ2v) is 7.17. The van der Waals surface area contributed by atoms with Gasteiger partial charge in [-0.25, -0.2) is 0 Å². The van der Waals surface area contributed by atoms with E-state index < -0.39 is 0 Å². The van der Waals surface area contributed by atoms with Crippen LogP contribution in [0.2, 0.25) is 0 Å². The molecule has 0 spiro atoms. The maximum absolute atomic E-state index is 12.8. The van der Waals surface area contributed by atoms with E-state index in [2.05, 4.69) is 6.58 Å². The first kappa shape index (κ1) is 18.6. The van der Waals surface area contributed by atoms with E-state index in [9.17, 15) is 9.59 Å².